The second-order valence-electron chi connectivity index (χ2n) is 6.99. The van der Waals surface area contributed by atoms with Crippen LogP contribution >= 0.6 is 11.8 Å². The van der Waals surface area contributed by atoms with Crippen LogP contribution in [0.2, 0.25) is 0 Å². The van der Waals surface area contributed by atoms with Gasteiger partial charge in [0, 0.05) is 22.8 Å². The largest absolute Gasteiger partial charge is 0.497 e. The number of methoxy groups -OCH3 is 1. The van der Waals surface area contributed by atoms with E-state index in [1.165, 1.54) is 0 Å². The topological polar surface area (TPSA) is 55.3 Å². The van der Waals surface area contributed by atoms with Crippen LogP contribution in [0.3, 0.4) is 0 Å². The number of rotatable bonds is 4. The second kappa shape index (κ2) is 7.80. The molecule has 6 heteroatoms. The molecule has 1 unspecified atom stereocenters. The van der Waals surface area contributed by atoms with Gasteiger partial charge < -0.3 is 4.74 Å². The Balaban J connectivity index is 1.44. The molecule has 5 nitrogen and oxygen atoms in total. The van der Waals surface area contributed by atoms with Crippen molar-refractivity contribution >= 4 is 34.4 Å². The molecule has 2 aromatic heterocycles. The maximum atomic E-state index is 12.6. The van der Waals surface area contributed by atoms with Gasteiger partial charge in [0.05, 0.1) is 18.6 Å². The summed E-state index contributed by atoms with van der Waals surface area (Å²) in [5.74, 6) is 1.39. The zero-order valence-corrected chi connectivity index (χ0v) is 17.2. The fourth-order valence-electron chi connectivity index (χ4n) is 3.62. The highest BCUT2D eigenvalue weighted by molar-refractivity contribution is 8.00. The fraction of sp³-hybridized carbons (Fsp3) is 0.125. The first-order valence-electron chi connectivity index (χ1n) is 9.63. The standard InChI is InChI=1S/C24H19N3O2S/c1-29-20-11-6-18(7-12-20)24-27(22(28)15-30-24)19-9-4-16(5-10-19)21-13-8-17-3-2-14-25-23(17)26-21/h2-14,24H,15H2,1H3. The molecule has 0 bridgehead atoms. The van der Waals surface area contributed by atoms with Crippen molar-refractivity contribution in [1.82, 2.24) is 9.97 Å². The smallest absolute Gasteiger partial charge is 0.238 e. The summed E-state index contributed by atoms with van der Waals surface area (Å²) in [4.78, 5) is 23.5. The molecule has 148 valence electrons. The van der Waals surface area contributed by atoms with Gasteiger partial charge in [-0.2, -0.15) is 0 Å². The van der Waals surface area contributed by atoms with Gasteiger partial charge >= 0.3 is 0 Å². The van der Waals surface area contributed by atoms with Gasteiger partial charge in [-0.15, -0.1) is 11.8 Å². The third kappa shape index (κ3) is 3.39. The zero-order valence-electron chi connectivity index (χ0n) is 16.4. The summed E-state index contributed by atoms with van der Waals surface area (Å²) in [5, 5.41) is 0.970. The Kier molecular flexibility index (Phi) is 4.85. The number of benzene rings is 2. The number of anilines is 1. The molecule has 2 aromatic carbocycles. The van der Waals surface area contributed by atoms with Crippen LogP contribution in [0.5, 0.6) is 5.75 Å². The second-order valence-corrected chi connectivity index (χ2v) is 8.06. The van der Waals surface area contributed by atoms with Gasteiger partial charge in [-0.25, -0.2) is 9.97 Å². The van der Waals surface area contributed by atoms with Gasteiger partial charge in [-0.05, 0) is 54.1 Å². The van der Waals surface area contributed by atoms with Crippen molar-refractivity contribution in [3.05, 3.63) is 84.6 Å². The average Bonchev–Trinajstić information content (AvgIpc) is 3.20. The van der Waals surface area contributed by atoms with Crippen LogP contribution in [-0.2, 0) is 4.79 Å². The summed E-state index contributed by atoms with van der Waals surface area (Å²) in [6.07, 6.45) is 1.75. The molecule has 1 aliphatic rings. The SMILES string of the molecule is COc1ccc(C2SCC(=O)N2c2ccc(-c3ccc4cccnc4n3)cc2)cc1. The Morgan fingerprint density at radius 2 is 1.80 bits per heavy atom. The summed E-state index contributed by atoms with van der Waals surface area (Å²) >= 11 is 1.64. The molecule has 1 aliphatic heterocycles. The fourth-order valence-corrected chi connectivity index (χ4v) is 4.80. The summed E-state index contributed by atoms with van der Waals surface area (Å²) in [6, 6.07) is 23.8. The molecule has 3 heterocycles. The van der Waals surface area contributed by atoms with Gasteiger partial charge in [0.1, 0.15) is 11.1 Å². The van der Waals surface area contributed by atoms with Crippen molar-refractivity contribution in [2.75, 3.05) is 17.8 Å². The Morgan fingerprint density at radius 3 is 2.57 bits per heavy atom. The molecule has 1 fully saturated rings. The van der Waals surface area contributed by atoms with Crippen LogP contribution < -0.4 is 9.64 Å². The van der Waals surface area contributed by atoms with E-state index in [0.717, 1.165) is 39.3 Å². The third-order valence-corrected chi connectivity index (χ3v) is 6.39. The van der Waals surface area contributed by atoms with Crippen LogP contribution in [-0.4, -0.2) is 28.7 Å². The summed E-state index contributed by atoms with van der Waals surface area (Å²) < 4.78 is 5.25. The molecule has 1 atom stereocenters. The van der Waals surface area contributed by atoms with E-state index in [9.17, 15) is 4.79 Å². The number of fused-ring (bicyclic) bond motifs is 1. The van der Waals surface area contributed by atoms with Crippen LogP contribution in [0.1, 0.15) is 10.9 Å². The Labute approximate surface area is 178 Å². The number of thioether (sulfide) groups is 1. The van der Waals surface area contributed by atoms with Crippen molar-refractivity contribution in [3.63, 3.8) is 0 Å². The predicted octanol–water partition coefficient (Wildman–Crippen LogP) is 5.08. The molecular weight excluding hydrogens is 394 g/mol. The molecule has 0 radical (unpaired) electrons. The van der Waals surface area contributed by atoms with Gasteiger partial charge in [-0.1, -0.05) is 24.3 Å². The van der Waals surface area contributed by atoms with Gasteiger partial charge in [-0.3, -0.25) is 9.69 Å². The number of pyridine rings is 2. The minimum atomic E-state index is -0.0442. The molecule has 0 spiro atoms. The molecule has 5 rings (SSSR count). The van der Waals surface area contributed by atoms with E-state index in [1.54, 1.807) is 25.1 Å². The number of amides is 1. The van der Waals surface area contributed by atoms with E-state index in [2.05, 4.69) is 9.97 Å². The molecule has 30 heavy (non-hydrogen) atoms. The number of carbonyl (C=O) groups is 1. The molecule has 1 amide bonds. The molecule has 0 saturated carbocycles. The Morgan fingerprint density at radius 1 is 1.00 bits per heavy atom. The van der Waals surface area contributed by atoms with Crippen molar-refractivity contribution in [2.45, 2.75) is 5.37 Å². The molecule has 0 aliphatic carbocycles. The minimum absolute atomic E-state index is 0.0442. The van der Waals surface area contributed by atoms with Crippen molar-refractivity contribution in [3.8, 4) is 17.0 Å². The molecule has 0 N–H and O–H groups in total. The lowest BCUT2D eigenvalue weighted by Crippen LogP contribution is -2.27. The summed E-state index contributed by atoms with van der Waals surface area (Å²) in [7, 11) is 1.65. The molecular formula is C24H19N3O2S. The van der Waals surface area contributed by atoms with Crippen LogP contribution in [0, 0.1) is 0 Å². The normalized spacial score (nSPS) is 16.2. The van der Waals surface area contributed by atoms with E-state index >= 15 is 0 Å². The van der Waals surface area contributed by atoms with Crippen molar-refractivity contribution in [2.24, 2.45) is 0 Å². The Bertz CT molecular complexity index is 1210. The third-order valence-electron chi connectivity index (χ3n) is 5.17. The molecule has 1 saturated heterocycles. The number of hydrogen-bond acceptors (Lipinski definition) is 5. The summed E-state index contributed by atoms with van der Waals surface area (Å²) in [6.45, 7) is 0. The highest BCUT2D eigenvalue weighted by Gasteiger charge is 2.34. The number of ether oxygens (including phenoxy) is 1. The monoisotopic (exact) mass is 413 g/mol. The maximum absolute atomic E-state index is 12.6. The number of hydrogen-bond donors (Lipinski definition) is 0. The minimum Gasteiger partial charge on any atom is -0.497 e. The van der Waals surface area contributed by atoms with E-state index in [4.69, 9.17) is 4.74 Å². The number of carbonyl (C=O) groups excluding carboxylic acids is 1. The summed E-state index contributed by atoms with van der Waals surface area (Å²) in [5.41, 5.74) is 4.55. The van der Waals surface area contributed by atoms with Crippen LogP contribution in [0.25, 0.3) is 22.3 Å². The predicted molar refractivity (Wildman–Crippen MR) is 121 cm³/mol. The van der Waals surface area contributed by atoms with E-state index in [1.807, 2.05) is 77.7 Å². The van der Waals surface area contributed by atoms with Crippen LogP contribution in [0.15, 0.2) is 79.0 Å². The van der Waals surface area contributed by atoms with Gasteiger partial charge in [0.25, 0.3) is 0 Å². The first-order chi connectivity index (χ1) is 14.7. The number of nitrogens with zero attached hydrogens (tertiary/aromatic N) is 3. The van der Waals surface area contributed by atoms with Crippen molar-refractivity contribution in [1.29, 1.82) is 0 Å². The van der Waals surface area contributed by atoms with Gasteiger partial charge in [0.15, 0.2) is 5.65 Å². The van der Waals surface area contributed by atoms with E-state index < -0.39 is 0 Å². The van der Waals surface area contributed by atoms with Gasteiger partial charge in [0.2, 0.25) is 5.91 Å². The maximum Gasteiger partial charge on any atom is 0.238 e. The average molecular weight is 414 g/mol. The molecule has 4 aromatic rings. The highest BCUT2D eigenvalue weighted by Crippen LogP contribution is 2.42. The zero-order chi connectivity index (χ0) is 20.5. The lowest BCUT2D eigenvalue weighted by molar-refractivity contribution is -0.115. The van der Waals surface area contributed by atoms with E-state index in [0.29, 0.717) is 5.75 Å². The first kappa shape index (κ1) is 18.6. The van der Waals surface area contributed by atoms with Crippen molar-refractivity contribution < 1.29 is 9.53 Å². The van der Waals surface area contributed by atoms with Crippen LogP contribution in [0.4, 0.5) is 5.69 Å². The lowest BCUT2D eigenvalue weighted by Gasteiger charge is -2.24. The van der Waals surface area contributed by atoms with E-state index in [-0.39, 0.29) is 11.3 Å². The first-order valence-corrected chi connectivity index (χ1v) is 10.7. The lowest BCUT2D eigenvalue weighted by atomic mass is 10.1. The Hall–Kier alpha value is -3.38. The highest BCUT2D eigenvalue weighted by atomic mass is 32.2. The quantitative estimate of drug-likeness (QED) is 0.467. The number of aromatic nitrogens is 2.